The summed E-state index contributed by atoms with van der Waals surface area (Å²) in [7, 11) is 0. The van der Waals surface area contributed by atoms with E-state index >= 15 is 0 Å². The minimum atomic E-state index is -0.624. The van der Waals surface area contributed by atoms with Crippen LogP contribution in [0.25, 0.3) is 0 Å². The van der Waals surface area contributed by atoms with E-state index < -0.39 is 5.60 Å². The number of carbonyl (C=O) groups excluding carboxylic acids is 1. The molecule has 1 aromatic rings. The monoisotopic (exact) mass is 437 g/mol. The van der Waals surface area contributed by atoms with Crippen molar-refractivity contribution in [1.82, 2.24) is 9.78 Å². The topological polar surface area (TPSA) is 78.9 Å². The molecule has 5 rings (SSSR count). The number of hydrogen-bond donors (Lipinski definition) is 1. The fraction of sp³-hybridized carbons (Fsp3) is 0.815. The van der Waals surface area contributed by atoms with Crippen molar-refractivity contribution in [1.29, 1.82) is 5.26 Å². The van der Waals surface area contributed by atoms with Gasteiger partial charge in [-0.3, -0.25) is 9.48 Å². The first-order valence-electron chi connectivity index (χ1n) is 12.7. The maximum atomic E-state index is 13.5. The Labute approximate surface area is 192 Å². The van der Waals surface area contributed by atoms with Gasteiger partial charge in [-0.05, 0) is 106 Å². The van der Waals surface area contributed by atoms with Gasteiger partial charge in [0, 0.05) is 12.1 Å². The van der Waals surface area contributed by atoms with E-state index in [4.69, 9.17) is 0 Å². The van der Waals surface area contributed by atoms with E-state index in [0.29, 0.717) is 30.1 Å². The van der Waals surface area contributed by atoms with Crippen LogP contribution in [0.4, 0.5) is 0 Å². The van der Waals surface area contributed by atoms with E-state index in [0.717, 1.165) is 63.5 Å². The zero-order valence-corrected chi connectivity index (χ0v) is 20.2. The summed E-state index contributed by atoms with van der Waals surface area (Å²) in [6.45, 7) is 9.11. The number of ketones is 1. The van der Waals surface area contributed by atoms with Gasteiger partial charge < -0.3 is 5.11 Å². The van der Waals surface area contributed by atoms with Gasteiger partial charge in [-0.25, -0.2) is 0 Å². The van der Waals surface area contributed by atoms with Crippen molar-refractivity contribution in [3.63, 3.8) is 0 Å². The van der Waals surface area contributed by atoms with E-state index in [1.54, 1.807) is 4.68 Å². The molecule has 8 atom stereocenters. The van der Waals surface area contributed by atoms with Gasteiger partial charge in [0.1, 0.15) is 0 Å². The highest BCUT2D eigenvalue weighted by Crippen LogP contribution is 2.73. The normalized spacial score (nSPS) is 47.8. The van der Waals surface area contributed by atoms with Gasteiger partial charge in [0.15, 0.2) is 5.78 Å². The van der Waals surface area contributed by atoms with Crippen molar-refractivity contribution < 1.29 is 9.90 Å². The van der Waals surface area contributed by atoms with Crippen LogP contribution in [-0.2, 0) is 11.3 Å². The zero-order valence-electron chi connectivity index (χ0n) is 20.2. The molecule has 0 saturated heterocycles. The smallest absolute Gasteiger partial charge is 0.157 e. The molecule has 0 radical (unpaired) electrons. The van der Waals surface area contributed by atoms with Crippen LogP contribution in [0.3, 0.4) is 0 Å². The van der Waals surface area contributed by atoms with Crippen molar-refractivity contribution in [2.45, 2.75) is 97.6 Å². The highest BCUT2D eigenvalue weighted by molar-refractivity contribution is 5.82. The largest absolute Gasteiger partial charge is 0.390 e. The van der Waals surface area contributed by atoms with Crippen LogP contribution in [-0.4, -0.2) is 26.3 Å². The lowest BCUT2D eigenvalue weighted by Crippen LogP contribution is -2.59. The van der Waals surface area contributed by atoms with E-state index in [1.807, 2.05) is 26.1 Å². The molecular formula is C27H39N3O2. The Morgan fingerprint density at radius 2 is 1.88 bits per heavy atom. The number of fused-ring (bicyclic) bond motifs is 5. The van der Waals surface area contributed by atoms with Crippen molar-refractivity contribution >= 4 is 5.78 Å². The molecule has 0 aliphatic heterocycles. The van der Waals surface area contributed by atoms with Crippen molar-refractivity contribution in [2.75, 3.05) is 0 Å². The molecule has 1 N–H and O–H groups in total. The minimum absolute atomic E-state index is 0.00289. The average Bonchev–Trinajstić information content (AvgIpc) is 3.26. The van der Waals surface area contributed by atoms with Gasteiger partial charge in [-0.15, -0.1) is 0 Å². The Bertz CT molecular complexity index is 960. The van der Waals surface area contributed by atoms with Crippen LogP contribution in [0.2, 0.25) is 0 Å². The molecule has 1 aromatic heterocycles. The SMILES string of the molecule is Cc1ccn(CC(=O)[C@H]2CC[C@@]3(C)[C@@H]4CC[C@H]5C[C@](C)(O)CC[C@]5(C#N)[C@H]4CC[C@]23C)n1. The molecule has 174 valence electrons. The number of aliphatic hydroxyl groups is 1. The number of rotatable bonds is 3. The van der Waals surface area contributed by atoms with Crippen LogP contribution < -0.4 is 0 Å². The molecule has 1 heterocycles. The number of aromatic nitrogens is 2. The summed E-state index contributed by atoms with van der Waals surface area (Å²) in [6, 6.07) is 4.80. The number of nitrogens with zero attached hydrogens (tertiary/aromatic N) is 3. The molecule has 4 fully saturated rings. The Hall–Kier alpha value is -1.67. The summed E-state index contributed by atoms with van der Waals surface area (Å²) in [5, 5.41) is 25.7. The third-order valence-corrected chi connectivity index (χ3v) is 11.0. The average molecular weight is 438 g/mol. The molecule has 0 amide bonds. The predicted octanol–water partition coefficient (Wildman–Crippen LogP) is 5.06. The van der Waals surface area contributed by atoms with Gasteiger partial charge in [-0.1, -0.05) is 13.8 Å². The van der Waals surface area contributed by atoms with Crippen molar-refractivity contribution in [3.05, 3.63) is 18.0 Å². The Morgan fingerprint density at radius 3 is 2.56 bits per heavy atom. The molecule has 5 nitrogen and oxygen atoms in total. The molecule has 5 heteroatoms. The lowest BCUT2D eigenvalue weighted by Gasteiger charge is -2.63. The quantitative estimate of drug-likeness (QED) is 0.716. The predicted molar refractivity (Wildman–Crippen MR) is 122 cm³/mol. The van der Waals surface area contributed by atoms with Crippen molar-refractivity contribution in [3.8, 4) is 6.07 Å². The third kappa shape index (κ3) is 2.98. The fourth-order valence-electron chi connectivity index (χ4n) is 9.04. The summed E-state index contributed by atoms with van der Waals surface area (Å²) < 4.78 is 1.80. The second-order valence-electron chi connectivity index (χ2n) is 12.4. The van der Waals surface area contributed by atoms with Crippen LogP contribution in [0, 0.1) is 58.2 Å². The van der Waals surface area contributed by atoms with E-state index in [9.17, 15) is 15.2 Å². The molecule has 32 heavy (non-hydrogen) atoms. The van der Waals surface area contributed by atoms with Crippen LogP contribution in [0.1, 0.15) is 84.3 Å². The zero-order chi connectivity index (χ0) is 22.9. The lowest BCUT2D eigenvalue weighted by molar-refractivity contribution is -0.164. The summed E-state index contributed by atoms with van der Waals surface area (Å²) in [5.74, 6) is 1.64. The first kappa shape index (κ1) is 22.1. The lowest BCUT2D eigenvalue weighted by atomic mass is 9.40. The third-order valence-electron chi connectivity index (χ3n) is 11.0. The van der Waals surface area contributed by atoms with E-state index in [-0.39, 0.29) is 22.2 Å². The summed E-state index contributed by atoms with van der Waals surface area (Å²) in [6.07, 6.45) is 10.6. The highest BCUT2D eigenvalue weighted by atomic mass is 16.3. The Morgan fingerprint density at radius 1 is 1.12 bits per heavy atom. The van der Waals surface area contributed by atoms with Gasteiger partial charge in [0.05, 0.1) is 29.3 Å². The Balaban J connectivity index is 1.42. The number of carbonyl (C=O) groups is 1. The van der Waals surface area contributed by atoms with Gasteiger partial charge in [-0.2, -0.15) is 10.4 Å². The number of aryl methyl sites for hydroxylation is 1. The number of hydrogen-bond acceptors (Lipinski definition) is 4. The maximum Gasteiger partial charge on any atom is 0.157 e. The number of Topliss-reactive ketones (excluding diaryl/α,β-unsaturated/α-hetero) is 1. The molecule has 4 saturated carbocycles. The van der Waals surface area contributed by atoms with Gasteiger partial charge in [0.25, 0.3) is 0 Å². The first-order chi connectivity index (χ1) is 15.0. The van der Waals surface area contributed by atoms with Crippen molar-refractivity contribution in [2.24, 2.45) is 39.9 Å². The highest BCUT2D eigenvalue weighted by Gasteiger charge is 2.68. The van der Waals surface area contributed by atoms with E-state index in [2.05, 4.69) is 25.0 Å². The van der Waals surface area contributed by atoms with Gasteiger partial charge in [0.2, 0.25) is 0 Å². The second-order valence-corrected chi connectivity index (χ2v) is 12.4. The molecule has 0 bridgehead atoms. The molecule has 0 spiro atoms. The van der Waals surface area contributed by atoms with Gasteiger partial charge >= 0.3 is 0 Å². The van der Waals surface area contributed by atoms with E-state index in [1.165, 1.54) is 0 Å². The Kier molecular flexibility index (Phi) is 4.95. The molecular weight excluding hydrogens is 398 g/mol. The summed E-state index contributed by atoms with van der Waals surface area (Å²) in [5.41, 5.74) is 0.137. The van der Waals surface area contributed by atoms with Crippen LogP contribution >= 0.6 is 0 Å². The fourth-order valence-corrected chi connectivity index (χ4v) is 9.04. The molecule has 4 aliphatic carbocycles. The molecule has 0 aromatic carbocycles. The minimum Gasteiger partial charge on any atom is -0.390 e. The second kappa shape index (κ2) is 7.16. The molecule has 0 unspecified atom stereocenters. The summed E-state index contributed by atoms with van der Waals surface area (Å²) >= 11 is 0. The summed E-state index contributed by atoms with van der Waals surface area (Å²) in [4.78, 5) is 13.5. The van der Waals surface area contributed by atoms with Crippen LogP contribution in [0.5, 0.6) is 0 Å². The van der Waals surface area contributed by atoms with Crippen LogP contribution in [0.15, 0.2) is 12.3 Å². The standard InChI is InChI=1S/C27H39N3O2/c1-18-9-14-30(29-18)16-23(31)22-8-11-25(3)20-6-5-19-15-24(2,32)12-13-27(19,17-28)21(20)7-10-26(22,25)4/h9,14,19-22,32H,5-8,10-13,15-16H2,1-4H3/t19-,20+,21-,22+,24+,25-,26+,27+/m0/s1. The maximum absolute atomic E-state index is 13.5. The molecule has 4 aliphatic rings. The number of nitriles is 1. The first-order valence-corrected chi connectivity index (χ1v) is 12.7.